The number of nitrogens with zero attached hydrogens (tertiary/aromatic N) is 2. The average molecular weight is 570 g/mol. The second kappa shape index (κ2) is 13.9. The van der Waals surface area contributed by atoms with E-state index in [0.717, 1.165) is 34.1 Å². The van der Waals surface area contributed by atoms with E-state index in [9.17, 15) is 22.4 Å². The van der Waals surface area contributed by atoms with Crippen molar-refractivity contribution in [2.75, 3.05) is 17.5 Å². The second-order valence-electron chi connectivity index (χ2n) is 9.49. The van der Waals surface area contributed by atoms with Crippen molar-refractivity contribution >= 4 is 27.5 Å². The highest BCUT2D eigenvalue weighted by atomic mass is 32.2. The van der Waals surface area contributed by atoms with Crippen LogP contribution in [0.5, 0.6) is 5.75 Å². The second-order valence-corrected chi connectivity index (χ2v) is 11.3. The smallest absolute Gasteiger partial charge is 0.264 e. The van der Waals surface area contributed by atoms with E-state index < -0.39 is 34.3 Å². The number of benzene rings is 3. The molecule has 0 saturated heterocycles. The Morgan fingerprint density at radius 1 is 0.925 bits per heavy atom. The molecule has 1 N–H and O–H groups in total. The fourth-order valence-electron chi connectivity index (χ4n) is 4.22. The third kappa shape index (κ3) is 7.81. The van der Waals surface area contributed by atoms with E-state index in [1.807, 2.05) is 51.1 Å². The Labute approximate surface area is 235 Å². The number of halogens is 1. The molecule has 3 aromatic rings. The quantitative estimate of drug-likeness (QED) is 0.321. The third-order valence-electron chi connectivity index (χ3n) is 6.13. The van der Waals surface area contributed by atoms with Crippen LogP contribution in [-0.4, -0.2) is 50.4 Å². The molecule has 2 amide bonds. The van der Waals surface area contributed by atoms with Crippen molar-refractivity contribution in [3.05, 3.63) is 90.2 Å². The Kier molecular flexibility index (Phi) is 10.7. The molecule has 0 saturated carbocycles. The first kappa shape index (κ1) is 30.6. The molecule has 0 aliphatic heterocycles. The average Bonchev–Trinajstić information content (AvgIpc) is 2.92. The Morgan fingerprint density at radius 3 is 2.10 bits per heavy atom. The van der Waals surface area contributed by atoms with Crippen molar-refractivity contribution in [3.8, 4) is 5.75 Å². The maximum absolute atomic E-state index is 14.0. The first-order valence-corrected chi connectivity index (χ1v) is 14.7. The summed E-state index contributed by atoms with van der Waals surface area (Å²) in [5.74, 6) is -0.928. The van der Waals surface area contributed by atoms with E-state index in [-0.39, 0.29) is 29.1 Å². The molecule has 3 aromatic carbocycles. The van der Waals surface area contributed by atoms with Crippen LogP contribution in [0.4, 0.5) is 10.1 Å². The van der Waals surface area contributed by atoms with Crippen molar-refractivity contribution in [1.29, 1.82) is 0 Å². The molecule has 40 heavy (non-hydrogen) atoms. The van der Waals surface area contributed by atoms with E-state index >= 15 is 0 Å². The van der Waals surface area contributed by atoms with Gasteiger partial charge in [0.1, 0.15) is 24.2 Å². The van der Waals surface area contributed by atoms with E-state index in [4.69, 9.17) is 4.74 Å². The van der Waals surface area contributed by atoms with Crippen molar-refractivity contribution in [3.63, 3.8) is 0 Å². The number of amides is 2. The van der Waals surface area contributed by atoms with E-state index in [2.05, 4.69) is 5.32 Å². The number of nitrogens with one attached hydrogen (secondary N) is 1. The van der Waals surface area contributed by atoms with Gasteiger partial charge in [-0.05, 0) is 81.3 Å². The number of rotatable bonds is 13. The Hall–Kier alpha value is -3.92. The molecule has 1 atom stereocenters. The number of anilines is 1. The van der Waals surface area contributed by atoms with Gasteiger partial charge in [-0.25, -0.2) is 12.8 Å². The zero-order valence-corrected chi connectivity index (χ0v) is 24.0. The minimum atomic E-state index is -4.29. The molecule has 0 bridgehead atoms. The molecule has 10 heteroatoms. The van der Waals surface area contributed by atoms with Gasteiger partial charge in [0.05, 0.1) is 17.2 Å². The molecular formula is C30H36FN3O5S. The lowest BCUT2D eigenvalue weighted by Gasteiger charge is -2.33. The molecule has 8 nitrogen and oxygen atoms in total. The summed E-state index contributed by atoms with van der Waals surface area (Å²) in [7, 11) is -4.29. The number of hydrogen-bond acceptors (Lipinski definition) is 5. The number of carbonyl (C=O) groups excluding carboxylic acids is 2. The summed E-state index contributed by atoms with van der Waals surface area (Å²) < 4.78 is 47.7. The van der Waals surface area contributed by atoms with Gasteiger partial charge in [-0.1, -0.05) is 37.3 Å². The fraction of sp³-hybridized carbons (Fsp3) is 0.333. The van der Waals surface area contributed by atoms with Crippen molar-refractivity contribution < 1.29 is 27.1 Å². The molecule has 3 rings (SSSR count). The monoisotopic (exact) mass is 569 g/mol. The van der Waals surface area contributed by atoms with Crippen molar-refractivity contribution in [1.82, 2.24) is 10.2 Å². The normalized spacial score (nSPS) is 12.1. The van der Waals surface area contributed by atoms with E-state index in [1.165, 1.54) is 4.90 Å². The molecule has 214 valence electrons. The largest absolute Gasteiger partial charge is 0.494 e. The summed E-state index contributed by atoms with van der Waals surface area (Å²) in [4.78, 5) is 28.4. The van der Waals surface area contributed by atoms with Crippen LogP contribution in [0.1, 0.15) is 39.7 Å². The molecule has 0 fully saturated rings. The number of hydrogen-bond donors (Lipinski definition) is 1. The van der Waals surface area contributed by atoms with Crippen LogP contribution >= 0.6 is 0 Å². The number of carbonyl (C=O) groups is 2. The highest BCUT2D eigenvalue weighted by molar-refractivity contribution is 7.92. The summed E-state index contributed by atoms with van der Waals surface area (Å²) >= 11 is 0. The maximum Gasteiger partial charge on any atom is 0.264 e. The van der Waals surface area contributed by atoms with Crippen molar-refractivity contribution in [2.45, 2.75) is 57.6 Å². The summed E-state index contributed by atoms with van der Waals surface area (Å²) in [6.45, 7) is 7.26. The van der Waals surface area contributed by atoms with Gasteiger partial charge in [0, 0.05) is 12.6 Å². The van der Waals surface area contributed by atoms with Crippen LogP contribution in [0.25, 0.3) is 0 Å². The molecule has 0 heterocycles. The minimum absolute atomic E-state index is 0.109. The highest BCUT2D eigenvalue weighted by Crippen LogP contribution is 2.27. The summed E-state index contributed by atoms with van der Waals surface area (Å²) in [6.07, 6.45) is 0.324. The SMILES string of the molecule is CCOc1ccc(N(CC(=O)N(Cc2ccccc2)C(CC)C(=O)NC(C)C)S(=O)(=O)c2ccc(F)cc2)cc1. The van der Waals surface area contributed by atoms with E-state index in [0.29, 0.717) is 18.8 Å². The fourth-order valence-corrected chi connectivity index (χ4v) is 5.63. The first-order valence-electron chi connectivity index (χ1n) is 13.2. The highest BCUT2D eigenvalue weighted by Gasteiger charge is 2.33. The van der Waals surface area contributed by atoms with Gasteiger partial charge in [-0.2, -0.15) is 0 Å². The molecular weight excluding hydrogens is 533 g/mol. The number of ether oxygens (including phenoxy) is 1. The summed E-state index contributed by atoms with van der Waals surface area (Å²) in [6, 6.07) is 19.0. The van der Waals surface area contributed by atoms with E-state index in [1.54, 1.807) is 31.2 Å². The molecule has 0 aromatic heterocycles. The van der Waals surface area contributed by atoms with Gasteiger partial charge in [0.2, 0.25) is 11.8 Å². The van der Waals surface area contributed by atoms with Crippen LogP contribution in [0.15, 0.2) is 83.8 Å². The van der Waals surface area contributed by atoms with Gasteiger partial charge in [0.15, 0.2) is 0 Å². The van der Waals surface area contributed by atoms with Crippen LogP contribution < -0.4 is 14.4 Å². The van der Waals surface area contributed by atoms with Crippen LogP contribution in [-0.2, 0) is 26.2 Å². The lowest BCUT2D eigenvalue weighted by Crippen LogP contribution is -2.53. The van der Waals surface area contributed by atoms with Gasteiger partial charge >= 0.3 is 0 Å². The Bertz CT molecular complexity index is 1360. The van der Waals surface area contributed by atoms with Crippen molar-refractivity contribution in [2.24, 2.45) is 0 Å². The van der Waals surface area contributed by atoms with Crippen LogP contribution in [0.2, 0.25) is 0 Å². The molecule has 1 unspecified atom stereocenters. The molecule has 0 spiro atoms. The summed E-state index contributed by atoms with van der Waals surface area (Å²) in [5.41, 5.74) is 1.01. The van der Waals surface area contributed by atoms with Crippen LogP contribution in [0.3, 0.4) is 0 Å². The molecule has 0 radical (unpaired) electrons. The predicted octanol–water partition coefficient (Wildman–Crippen LogP) is 4.75. The first-order chi connectivity index (χ1) is 19.1. The minimum Gasteiger partial charge on any atom is -0.494 e. The third-order valence-corrected chi connectivity index (χ3v) is 7.92. The maximum atomic E-state index is 14.0. The summed E-state index contributed by atoms with van der Waals surface area (Å²) in [5, 5.41) is 2.87. The van der Waals surface area contributed by atoms with Crippen LogP contribution in [0, 0.1) is 5.82 Å². The van der Waals surface area contributed by atoms with Gasteiger partial charge in [-0.15, -0.1) is 0 Å². The Morgan fingerprint density at radius 2 is 1.55 bits per heavy atom. The predicted molar refractivity (Wildman–Crippen MR) is 153 cm³/mol. The lowest BCUT2D eigenvalue weighted by atomic mass is 10.1. The zero-order chi connectivity index (χ0) is 29.3. The van der Waals surface area contributed by atoms with Gasteiger partial charge < -0.3 is 15.0 Å². The lowest BCUT2D eigenvalue weighted by molar-refractivity contribution is -0.140. The topological polar surface area (TPSA) is 96.0 Å². The molecule has 0 aliphatic carbocycles. The zero-order valence-electron chi connectivity index (χ0n) is 23.2. The Balaban J connectivity index is 2.05. The standard InChI is InChI=1S/C30H36FN3O5S/c1-5-28(30(36)32-22(3)4)33(20-23-10-8-7-9-11-23)29(35)21-34(25-14-16-26(17-15-25)39-6-2)40(37,38)27-18-12-24(31)13-19-27/h7-19,22,28H,5-6,20-21H2,1-4H3,(H,32,36). The van der Waals surface area contributed by atoms with Gasteiger partial charge in [-0.3, -0.25) is 13.9 Å². The molecule has 0 aliphatic rings. The van der Waals surface area contributed by atoms with Gasteiger partial charge in [0.25, 0.3) is 10.0 Å². The number of sulfonamides is 1.